The molecule has 0 radical (unpaired) electrons. The average molecular weight is 330 g/mol. The fourth-order valence-electron chi connectivity index (χ4n) is 3.83. The highest BCUT2D eigenvalue weighted by Crippen LogP contribution is 2.24. The Morgan fingerprint density at radius 3 is 2.33 bits per heavy atom. The van der Waals surface area contributed by atoms with Crippen molar-refractivity contribution < 1.29 is 14.7 Å². The Morgan fingerprint density at radius 1 is 1.00 bits per heavy atom. The van der Waals surface area contributed by atoms with Crippen LogP contribution in [0.3, 0.4) is 0 Å². The minimum atomic E-state index is -0.706. The summed E-state index contributed by atoms with van der Waals surface area (Å²) in [6.07, 6.45) is 5.75. The van der Waals surface area contributed by atoms with Crippen molar-refractivity contribution >= 4 is 12.0 Å². The number of nitrogens with one attached hydrogen (secondary N) is 1. The molecule has 1 fully saturated rings. The summed E-state index contributed by atoms with van der Waals surface area (Å²) in [6, 6.07) is 8.61. The molecule has 0 bridgehead atoms. The molecule has 1 heterocycles. The minimum Gasteiger partial charge on any atom is -0.481 e. The second kappa shape index (κ2) is 7.69. The van der Waals surface area contributed by atoms with Crippen molar-refractivity contribution in [2.24, 2.45) is 5.92 Å². The van der Waals surface area contributed by atoms with Gasteiger partial charge in [0.25, 0.3) is 0 Å². The Hall–Kier alpha value is -2.04. The maximum atomic E-state index is 12.6. The third-order valence-corrected chi connectivity index (χ3v) is 5.33. The van der Waals surface area contributed by atoms with Gasteiger partial charge in [-0.2, -0.15) is 0 Å². The molecular weight excluding hydrogens is 304 g/mol. The fourth-order valence-corrected chi connectivity index (χ4v) is 3.83. The summed E-state index contributed by atoms with van der Waals surface area (Å²) in [4.78, 5) is 25.5. The van der Waals surface area contributed by atoms with E-state index < -0.39 is 5.97 Å². The quantitative estimate of drug-likeness (QED) is 0.876. The van der Waals surface area contributed by atoms with Gasteiger partial charge in [0.1, 0.15) is 0 Å². The molecule has 0 aromatic heterocycles. The van der Waals surface area contributed by atoms with Crippen molar-refractivity contribution in [3.63, 3.8) is 0 Å². The normalized spacial score (nSPS) is 24.4. The van der Waals surface area contributed by atoms with E-state index in [1.165, 1.54) is 11.1 Å². The van der Waals surface area contributed by atoms with Crippen LogP contribution in [-0.2, 0) is 17.6 Å². The molecule has 3 rings (SSSR count). The van der Waals surface area contributed by atoms with Crippen molar-refractivity contribution in [2.75, 3.05) is 13.1 Å². The summed E-state index contributed by atoms with van der Waals surface area (Å²) in [7, 11) is 0. The third-order valence-electron chi connectivity index (χ3n) is 5.33. The smallest absolute Gasteiger partial charge is 0.317 e. The molecule has 0 atom stereocenters. The lowest BCUT2D eigenvalue weighted by Crippen LogP contribution is -2.47. The molecule has 5 heteroatoms. The lowest BCUT2D eigenvalue weighted by atomic mass is 9.86. The zero-order valence-electron chi connectivity index (χ0n) is 14.0. The van der Waals surface area contributed by atoms with Crippen LogP contribution in [-0.4, -0.2) is 41.1 Å². The van der Waals surface area contributed by atoms with E-state index >= 15 is 0 Å². The summed E-state index contributed by atoms with van der Waals surface area (Å²) in [5, 5.41) is 12.2. The van der Waals surface area contributed by atoms with Crippen LogP contribution in [0.1, 0.15) is 43.2 Å². The van der Waals surface area contributed by atoms with Crippen LogP contribution in [0.5, 0.6) is 0 Å². The van der Waals surface area contributed by atoms with Crippen LogP contribution < -0.4 is 5.32 Å². The van der Waals surface area contributed by atoms with Crippen LogP contribution in [0, 0.1) is 5.92 Å². The number of carboxylic acid groups (broad SMARTS) is 1. The Bertz CT molecular complexity index is 594. The molecule has 5 nitrogen and oxygen atoms in total. The lowest BCUT2D eigenvalue weighted by molar-refractivity contribution is -0.142. The van der Waals surface area contributed by atoms with E-state index in [9.17, 15) is 9.59 Å². The first-order chi connectivity index (χ1) is 11.6. The van der Waals surface area contributed by atoms with Crippen molar-refractivity contribution in [3.8, 4) is 0 Å². The number of carbonyl (C=O) groups is 2. The summed E-state index contributed by atoms with van der Waals surface area (Å²) in [5.74, 6) is -0.946. The molecule has 1 saturated carbocycles. The van der Waals surface area contributed by atoms with Gasteiger partial charge in [-0.15, -0.1) is 0 Å². The van der Waals surface area contributed by atoms with Crippen LogP contribution in [0.2, 0.25) is 0 Å². The van der Waals surface area contributed by atoms with Gasteiger partial charge in [0.05, 0.1) is 5.92 Å². The van der Waals surface area contributed by atoms with E-state index in [1.54, 1.807) is 0 Å². The van der Waals surface area contributed by atoms with Gasteiger partial charge in [-0.3, -0.25) is 4.79 Å². The number of hydrogen-bond donors (Lipinski definition) is 2. The molecule has 1 aliphatic carbocycles. The van der Waals surface area contributed by atoms with E-state index in [1.807, 2.05) is 4.90 Å². The molecular formula is C19H26N2O3. The number of aliphatic carboxylic acids is 1. The summed E-state index contributed by atoms with van der Waals surface area (Å²) < 4.78 is 0. The second-order valence-electron chi connectivity index (χ2n) is 6.95. The topological polar surface area (TPSA) is 69.6 Å². The number of benzene rings is 1. The van der Waals surface area contributed by atoms with E-state index in [-0.39, 0.29) is 18.0 Å². The average Bonchev–Trinajstić information content (AvgIpc) is 2.56. The van der Waals surface area contributed by atoms with Gasteiger partial charge in [0.15, 0.2) is 0 Å². The highest BCUT2D eigenvalue weighted by molar-refractivity contribution is 5.75. The van der Waals surface area contributed by atoms with Gasteiger partial charge in [0.2, 0.25) is 0 Å². The Morgan fingerprint density at radius 2 is 1.67 bits per heavy atom. The molecule has 0 saturated heterocycles. The molecule has 1 aliphatic heterocycles. The van der Waals surface area contributed by atoms with Crippen LogP contribution in [0.15, 0.2) is 24.3 Å². The molecule has 24 heavy (non-hydrogen) atoms. The molecule has 1 aromatic rings. The second-order valence-corrected chi connectivity index (χ2v) is 6.95. The molecule has 2 aliphatic rings. The molecule has 0 spiro atoms. The Balaban J connectivity index is 1.52. The highest BCUT2D eigenvalue weighted by atomic mass is 16.4. The zero-order chi connectivity index (χ0) is 16.9. The Labute approximate surface area is 143 Å². The van der Waals surface area contributed by atoms with E-state index in [0.29, 0.717) is 12.8 Å². The number of hydrogen-bond acceptors (Lipinski definition) is 2. The summed E-state index contributed by atoms with van der Waals surface area (Å²) in [6.45, 7) is 1.53. The predicted molar refractivity (Wildman–Crippen MR) is 92.0 cm³/mol. The number of carbonyl (C=O) groups excluding carboxylic acids is 1. The summed E-state index contributed by atoms with van der Waals surface area (Å²) in [5.41, 5.74) is 2.75. The van der Waals surface area contributed by atoms with Crippen molar-refractivity contribution in [1.29, 1.82) is 0 Å². The maximum absolute atomic E-state index is 12.6. The van der Waals surface area contributed by atoms with E-state index in [0.717, 1.165) is 45.2 Å². The first kappa shape index (κ1) is 16.8. The lowest BCUT2D eigenvalue weighted by Gasteiger charge is -2.31. The monoisotopic (exact) mass is 330 g/mol. The van der Waals surface area contributed by atoms with Crippen molar-refractivity contribution in [2.45, 2.75) is 51.0 Å². The molecule has 0 unspecified atom stereocenters. The van der Waals surface area contributed by atoms with Crippen LogP contribution in [0.25, 0.3) is 0 Å². The van der Waals surface area contributed by atoms with Crippen LogP contribution in [0.4, 0.5) is 4.79 Å². The summed E-state index contributed by atoms with van der Waals surface area (Å²) >= 11 is 0. The van der Waals surface area contributed by atoms with E-state index in [2.05, 4.69) is 29.6 Å². The van der Waals surface area contributed by atoms with Gasteiger partial charge in [-0.1, -0.05) is 24.3 Å². The van der Waals surface area contributed by atoms with Crippen molar-refractivity contribution in [1.82, 2.24) is 10.2 Å². The Kier molecular flexibility index (Phi) is 5.38. The minimum absolute atomic E-state index is 0.00755. The fraction of sp³-hybridized carbons (Fsp3) is 0.579. The third kappa shape index (κ3) is 4.08. The number of aryl methyl sites for hydroxylation is 1. The molecule has 2 N–H and O–H groups in total. The maximum Gasteiger partial charge on any atom is 0.317 e. The van der Waals surface area contributed by atoms with E-state index in [4.69, 9.17) is 5.11 Å². The van der Waals surface area contributed by atoms with Gasteiger partial charge < -0.3 is 15.3 Å². The highest BCUT2D eigenvalue weighted by Gasteiger charge is 2.28. The van der Waals surface area contributed by atoms with Crippen LogP contribution >= 0.6 is 0 Å². The number of urea groups is 1. The van der Waals surface area contributed by atoms with Crippen molar-refractivity contribution in [3.05, 3.63) is 35.4 Å². The SMILES string of the molecule is O=C(O)C1CCC(NC(=O)N2CCCc3ccccc3CC2)CC1. The molecule has 2 amide bonds. The zero-order valence-corrected chi connectivity index (χ0v) is 14.0. The predicted octanol–water partition coefficient (Wildman–Crippen LogP) is 2.83. The van der Waals surface area contributed by atoms with Gasteiger partial charge in [-0.25, -0.2) is 4.79 Å². The number of nitrogens with zero attached hydrogens (tertiary/aromatic N) is 1. The standard InChI is InChI=1S/C19H26N2O3/c22-18(23)16-7-9-17(10-8-16)20-19(24)21-12-3-6-14-4-1-2-5-15(14)11-13-21/h1-2,4-5,16-17H,3,6-13H2,(H,20,24)(H,22,23). The number of carboxylic acids is 1. The number of rotatable bonds is 2. The van der Waals surface area contributed by atoms with Gasteiger partial charge in [0, 0.05) is 19.1 Å². The molecule has 130 valence electrons. The number of amides is 2. The van der Waals surface area contributed by atoms with Gasteiger partial charge in [-0.05, 0) is 56.1 Å². The first-order valence-corrected chi connectivity index (χ1v) is 8.98. The first-order valence-electron chi connectivity index (χ1n) is 8.98. The number of fused-ring (bicyclic) bond motifs is 1. The largest absolute Gasteiger partial charge is 0.481 e. The van der Waals surface area contributed by atoms with Gasteiger partial charge >= 0.3 is 12.0 Å². The molecule has 1 aromatic carbocycles.